The van der Waals surface area contributed by atoms with Crippen LogP contribution in [0.1, 0.15) is 43.8 Å². The number of carbonyl (C=O) groups is 1. The molecule has 4 nitrogen and oxygen atoms in total. The van der Waals surface area contributed by atoms with Crippen LogP contribution in [0.4, 0.5) is 0 Å². The molecular weight excluding hydrogens is 264 g/mol. The zero-order chi connectivity index (χ0) is 14.7. The highest BCUT2D eigenvalue weighted by Crippen LogP contribution is 2.40. The van der Waals surface area contributed by atoms with E-state index >= 15 is 0 Å². The van der Waals surface area contributed by atoms with E-state index in [0.29, 0.717) is 6.61 Å². The van der Waals surface area contributed by atoms with Crippen LogP contribution in [0.25, 0.3) is 0 Å². The first-order chi connectivity index (χ1) is 10.3. The first kappa shape index (κ1) is 14.5. The lowest BCUT2D eigenvalue weighted by molar-refractivity contribution is -0.133. The van der Waals surface area contributed by atoms with Gasteiger partial charge in [-0.3, -0.25) is 10.1 Å². The van der Waals surface area contributed by atoms with Gasteiger partial charge in [0, 0.05) is 20.3 Å². The Kier molecular flexibility index (Phi) is 4.27. The number of ether oxygens (including phenoxy) is 1. The van der Waals surface area contributed by atoms with E-state index in [9.17, 15) is 4.79 Å². The van der Waals surface area contributed by atoms with Gasteiger partial charge < -0.3 is 9.64 Å². The number of amides is 1. The lowest BCUT2D eigenvalue weighted by Crippen LogP contribution is -2.44. The van der Waals surface area contributed by atoms with Crippen LogP contribution in [0.15, 0.2) is 30.3 Å². The highest BCUT2D eigenvalue weighted by Gasteiger charge is 2.52. The molecular formula is C17H24N2O2. The maximum atomic E-state index is 12.9. The van der Waals surface area contributed by atoms with Crippen molar-refractivity contribution in [2.24, 2.45) is 0 Å². The summed E-state index contributed by atoms with van der Waals surface area (Å²) in [7, 11) is 1.71. The second kappa shape index (κ2) is 6.16. The minimum atomic E-state index is -0.312. The summed E-state index contributed by atoms with van der Waals surface area (Å²) < 4.78 is 5.14. The first-order valence-corrected chi connectivity index (χ1v) is 7.89. The second-order valence-corrected chi connectivity index (χ2v) is 6.09. The molecule has 4 heteroatoms. The molecule has 21 heavy (non-hydrogen) atoms. The second-order valence-electron chi connectivity index (χ2n) is 6.09. The Labute approximate surface area is 126 Å². The average Bonchev–Trinajstić information content (AvgIpc) is 3.09. The summed E-state index contributed by atoms with van der Waals surface area (Å²) >= 11 is 0. The molecule has 1 heterocycles. The third-order valence-corrected chi connectivity index (χ3v) is 4.71. The molecule has 0 bridgehead atoms. The third kappa shape index (κ3) is 2.70. The van der Waals surface area contributed by atoms with Crippen molar-refractivity contribution in [3.63, 3.8) is 0 Å². The Balaban J connectivity index is 1.83. The van der Waals surface area contributed by atoms with Gasteiger partial charge in [0.1, 0.15) is 6.17 Å². The van der Waals surface area contributed by atoms with Gasteiger partial charge in [-0.25, -0.2) is 0 Å². The summed E-state index contributed by atoms with van der Waals surface area (Å²) in [6, 6.07) is 10.3. The number of hydrogen-bond donors (Lipinski definition) is 1. The van der Waals surface area contributed by atoms with Crippen molar-refractivity contribution in [2.75, 3.05) is 20.3 Å². The average molecular weight is 288 g/mol. The molecule has 1 saturated carbocycles. The van der Waals surface area contributed by atoms with Gasteiger partial charge in [-0.05, 0) is 24.8 Å². The van der Waals surface area contributed by atoms with E-state index < -0.39 is 0 Å². The number of nitrogens with zero attached hydrogens (tertiary/aromatic N) is 1. The summed E-state index contributed by atoms with van der Waals surface area (Å²) in [5.41, 5.74) is 0.861. The van der Waals surface area contributed by atoms with Gasteiger partial charge >= 0.3 is 0 Å². The molecule has 1 unspecified atom stereocenters. The Morgan fingerprint density at radius 2 is 2.00 bits per heavy atom. The Morgan fingerprint density at radius 1 is 1.29 bits per heavy atom. The predicted octanol–water partition coefficient (Wildman–Crippen LogP) is 2.47. The molecule has 1 aromatic rings. The Bertz CT molecular complexity index is 483. The highest BCUT2D eigenvalue weighted by molar-refractivity contribution is 5.89. The molecule has 1 aliphatic heterocycles. The van der Waals surface area contributed by atoms with Gasteiger partial charge in [0.15, 0.2) is 0 Å². The van der Waals surface area contributed by atoms with Gasteiger partial charge in [0.2, 0.25) is 5.91 Å². The van der Waals surface area contributed by atoms with E-state index in [1.165, 1.54) is 5.56 Å². The smallest absolute Gasteiger partial charge is 0.244 e. The molecule has 1 spiro atoms. The molecule has 1 atom stereocenters. The molecule has 1 saturated heterocycles. The van der Waals surface area contributed by atoms with Crippen molar-refractivity contribution in [3.8, 4) is 0 Å². The van der Waals surface area contributed by atoms with Crippen LogP contribution in [0.5, 0.6) is 0 Å². The van der Waals surface area contributed by atoms with Crippen molar-refractivity contribution in [1.82, 2.24) is 10.2 Å². The zero-order valence-electron chi connectivity index (χ0n) is 12.7. The fourth-order valence-electron chi connectivity index (χ4n) is 3.64. The molecule has 3 rings (SSSR count). The van der Waals surface area contributed by atoms with E-state index in [4.69, 9.17) is 4.74 Å². The van der Waals surface area contributed by atoms with E-state index in [2.05, 4.69) is 17.4 Å². The molecule has 1 aromatic carbocycles. The molecule has 2 aliphatic rings. The third-order valence-electron chi connectivity index (χ3n) is 4.71. The summed E-state index contributed by atoms with van der Waals surface area (Å²) in [4.78, 5) is 14.9. The summed E-state index contributed by atoms with van der Waals surface area (Å²) in [5, 5.41) is 3.64. The largest absolute Gasteiger partial charge is 0.385 e. The highest BCUT2D eigenvalue weighted by atomic mass is 16.5. The van der Waals surface area contributed by atoms with Crippen LogP contribution in [0.2, 0.25) is 0 Å². The molecule has 1 N–H and O–H groups in total. The van der Waals surface area contributed by atoms with Crippen molar-refractivity contribution in [3.05, 3.63) is 35.9 Å². The Morgan fingerprint density at radius 3 is 2.67 bits per heavy atom. The molecule has 1 aliphatic carbocycles. The van der Waals surface area contributed by atoms with Crippen LogP contribution in [0, 0.1) is 0 Å². The summed E-state index contributed by atoms with van der Waals surface area (Å²) in [6.45, 7) is 1.44. The number of rotatable bonds is 5. The van der Waals surface area contributed by atoms with Gasteiger partial charge in [-0.2, -0.15) is 0 Å². The fraction of sp³-hybridized carbons (Fsp3) is 0.588. The normalized spacial score (nSPS) is 24.1. The maximum Gasteiger partial charge on any atom is 0.244 e. The summed E-state index contributed by atoms with van der Waals surface area (Å²) in [5.74, 6) is 0.282. The predicted molar refractivity (Wildman–Crippen MR) is 81.7 cm³/mol. The standard InChI is InChI=1S/C17H24N2O2/c1-21-13-7-12-19-15(14-8-3-2-4-9-14)18-17(16(19)20)10-5-6-11-17/h2-4,8-9,15,18H,5-7,10-13H2,1H3. The first-order valence-electron chi connectivity index (χ1n) is 7.89. The van der Waals surface area contributed by atoms with Crippen molar-refractivity contribution in [2.45, 2.75) is 43.8 Å². The minimum Gasteiger partial charge on any atom is -0.385 e. The molecule has 0 aromatic heterocycles. The van der Waals surface area contributed by atoms with E-state index in [1.807, 2.05) is 23.1 Å². The number of hydrogen-bond acceptors (Lipinski definition) is 3. The van der Waals surface area contributed by atoms with E-state index in [0.717, 1.165) is 38.6 Å². The van der Waals surface area contributed by atoms with Crippen LogP contribution in [0.3, 0.4) is 0 Å². The molecule has 114 valence electrons. The number of carbonyl (C=O) groups excluding carboxylic acids is 1. The van der Waals surface area contributed by atoms with E-state index in [1.54, 1.807) is 7.11 Å². The number of methoxy groups -OCH3 is 1. The van der Waals surface area contributed by atoms with Crippen molar-refractivity contribution >= 4 is 5.91 Å². The molecule has 0 radical (unpaired) electrons. The number of benzene rings is 1. The van der Waals surface area contributed by atoms with Gasteiger partial charge in [-0.15, -0.1) is 0 Å². The van der Waals surface area contributed by atoms with Crippen LogP contribution in [-0.4, -0.2) is 36.6 Å². The molecule has 2 fully saturated rings. The lowest BCUT2D eigenvalue weighted by atomic mass is 9.98. The van der Waals surface area contributed by atoms with Crippen LogP contribution < -0.4 is 5.32 Å². The monoisotopic (exact) mass is 288 g/mol. The van der Waals surface area contributed by atoms with E-state index in [-0.39, 0.29) is 17.6 Å². The zero-order valence-corrected chi connectivity index (χ0v) is 12.7. The van der Waals surface area contributed by atoms with Crippen molar-refractivity contribution < 1.29 is 9.53 Å². The maximum absolute atomic E-state index is 12.9. The SMILES string of the molecule is COCCCN1C(=O)C2(CCCC2)NC1c1ccccc1. The minimum absolute atomic E-state index is 0.00801. The quantitative estimate of drug-likeness (QED) is 0.846. The Hall–Kier alpha value is -1.39. The van der Waals surface area contributed by atoms with Gasteiger partial charge in [-0.1, -0.05) is 43.2 Å². The summed E-state index contributed by atoms with van der Waals surface area (Å²) in [6.07, 6.45) is 5.11. The fourth-order valence-corrected chi connectivity index (χ4v) is 3.64. The van der Waals surface area contributed by atoms with Gasteiger partial charge in [0.25, 0.3) is 0 Å². The van der Waals surface area contributed by atoms with Gasteiger partial charge in [0.05, 0.1) is 5.54 Å². The lowest BCUT2D eigenvalue weighted by Gasteiger charge is -2.24. The molecule has 1 amide bonds. The van der Waals surface area contributed by atoms with Crippen LogP contribution in [-0.2, 0) is 9.53 Å². The van der Waals surface area contributed by atoms with Crippen molar-refractivity contribution in [1.29, 1.82) is 0 Å². The topological polar surface area (TPSA) is 41.6 Å². The van der Waals surface area contributed by atoms with Crippen LogP contribution >= 0.6 is 0 Å². The number of nitrogens with one attached hydrogen (secondary N) is 1.